The molecule has 0 fully saturated rings. The largest absolute Gasteiger partial charge is 0.493 e. The second kappa shape index (κ2) is 10.5. The van der Waals surface area contributed by atoms with E-state index in [1.54, 1.807) is 30.3 Å². The van der Waals surface area contributed by atoms with E-state index in [0.717, 1.165) is 12.0 Å². The van der Waals surface area contributed by atoms with Gasteiger partial charge in [-0.15, -0.1) is 0 Å². The van der Waals surface area contributed by atoms with E-state index in [2.05, 4.69) is 15.8 Å². The van der Waals surface area contributed by atoms with E-state index in [9.17, 15) is 14.4 Å². The molecule has 4 N–H and O–H groups in total. The molecule has 0 spiro atoms. The van der Waals surface area contributed by atoms with Gasteiger partial charge in [-0.2, -0.15) is 5.10 Å². The number of rotatable bonds is 8. The maximum atomic E-state index is 11.9. The number of hydrogen-bond donors (Lipinski definition) is 3. The highest BCUT2D eigenvalue weighted by molar-refractivity contribution is 6.39. The van der Waals surface area contributed by atoms with Crippen molar-refractivity contribution in [1.82, 2.24) is 5.43 Å². The summed E-state index contributed by atoms with van der Waals surface area (Å²) in [5.74, 6) is -1.66. The molecule has 2 aromatic carbocycles. The van der Waals surface area contributed by atoms with E-state index in [-0.39, 0.29) is 6.61 Å². The fraction of sp³-hybridized carbons (Fsp3) is 0.200. The Morgan fingerprint density at radius 1 is 1.07 bits per heavy atom. The van der Waals surface area contributed by atoms with Crippen molar-refractivity contribution in [2.75, 3.05) is 19.0 Å². The van der Waals surface area contributed by atoms with E-state index in [0.29, 0.717) is 22.7 Å². The fourth-order valence-electron chi connectivity index (χ4n) is 2.26. The molecular weight excluding hydrogens is 376 g/mol. The summed E-state index contributed by atoms with van der Waals surface area (Å²) in [6.45, 7) is 1.74. The molecular formula is C20H22N4O5. The molecule has 0 aliphatic carbocycles. The quantitative estimate of drug-likeness (QED) is 0.349. The predicted molar refractivity (Wildman–Crippen MR) is 108 cm³/mol. The molecule has 0 saturated heterocycles. The number of carbonyl (C=O) groups is 3. The first-order chi connectivity index (χ1) is 13.9. The summed E-state index contributed by atoms with van der Waals surface area (Å²) in [7, 11) is 1.44. The summed E-state index contributed by atoms with van der Waals surface area (Å²) >= 11 is 0. The van der Waals surface area contributed by atoms with E-state index in [1.807, 2.05) is 19.1 Å². The third-order valence-corrected chi connectivity index (χ3v) is 3.76. The number of ether oxygens (including phenoxy) is 2. The molecule has 0 aromatic heterocycles. The predicted octanol–water partition coefficient (Wildman–Crippen LogP) is 1.21. The van der Waals surface area contributed by atoms with Gasteiger partial charge in [0.2, 0.25) is 0 Å². The Morgan fingerprint density at radius 3 is 2.41 bits per heavy atom. The average Bonchev–Trinajstić information content (AvgIpc) is 2.72. The lowest BCUT2D eigenvalue weighted by Gasteiger charge is -2.09. The summed E-state index contributed by atoms with van der Waals surface area (Å²) < 4.78 is 10.4. The van der Waals surface area contributed by atoms with Gasteiger partial charge in [-0.3, -0.25) is 14.4 Å². The average molecular weight is 398 g/mol. The lowest BCUT2D eigenvalue weighted by Crippen LogP contribution is -2.32. The normalized spacial score (nSPS) is 10.4. The molecule has 0 aliphatic rings. The summed E-state index contributed by atoms with van der Waals surface area (Å²) in [4.78, 5) is 34.6. The molecule has 0 aliphatic heterocycles. The number of hydrogen-bond acceptors (Lipinski definition) is 6. The minimum Gasteiger partial charge on any atom is -0.493 e. The zero-order valence-electron chi connectivity index (χ0n) is 16.1. The third-order valence-electron chi connectivity index (χ3n) is 3.76. The van der Waals surface area contributed by atoms with E-state index < -0.39 is 17.7 Å². The molecule has 0 heterocycles. The second-order valence-electron chi connectivity index (χ2n) is 5.87. The Hall–Kier alpha value is -3.88. The number of primary amides is 1. The number of nitrogens with one attached hydrogen (secondary N) is 2. The number of nitrogens with two attached hydrogens (primary N) is 1. The Balaban J connectivity index is 1.92. The van der Waals surface area contributed by atoms with Gasteiger partial charge in [0, 0.05) is 5.69 Å². The van der Waals surface area contributed by atoms with Crippen LogP contribution in [0.4, 0.5) is 5.69 Å². The van der Waals surface area contributed by atoms with Crippen molar-refractivity contribution in [2.45, 2.75) is 13.3 Å². The summed E-state index contributed by atoms with van der Waals surface area (Å²) in [5, 5.41) is 6.25. The van der Waals surface area contributed by atoms with Crippen molar-refractivity contribution in [3.63, 3.8) is 0 Å². The highest BCUT2D eigenvalue weighted by Crippen LogP contribution is 2.27. The van der Waals surface area contributed by atoms with E-state index >= 15 is 0 Å². The summed E-state index contributed by atoms with van der Waals surface area (Å²) in [6.07, 6.45) is 2.22. The molecule has 9 heteroatoms. The van der Waals surface area contributed by atoms with Crippen molar-refractivity contribution in [1.29, 1.82) is 0 Å². The zero-order valence-corrected chi connectivity index (χ0v) is 16.1. The van der Waals surface area contributed by atoms with Gasteiger partial charge >= 0.3 is 11.8 Å². The molecule has 29 heavy (non-hydrogen) atoms. The van der Waals surface area contributed by atoms with Crippen LogP contribution in [0.2, 0.25) is 0 Å². The van der Waals surface area contributed by atoms with Crippen molar-refractivity contribution in [2.24, 2.45) is 10.8 Å². The van der Waals surface area contributed by atoms with Gasteiger partial charge in [-0.25, -0.2) is 5.43 Å². The van der Waals surface area contributed by atoms with Gasteiger partial charge in [0.1, 0.15) is 0 Å². The van der Waals surface area contributed by atoms with Gasteiger partial charge in [0.15, 0.2) is 18.1 Å². The maximum Gasteiger partial charge on any atom is 0.329 e. The SMILES string of the molecule is CCc1ccc(NC(=O)C(=O)N/N=C\c2ccc(OCC(N)=O)c(OC)c2)cc1. The third kappa shape index (κ3) is 6.65. The molecule has 0 saturated carbocycles. The minimum atomic E-state index is -0.908. The highest BCUT2D eigenvalue weighted by atomic mass is 16.5. The van der Waals surface area contributed by atoms with Crippen LogP contribution in [-0.2, 0) is 20.8 Å². The van der Waals surface area contributed by atoms with Gasteiger partial charge < -0.3 is 20.5 Å². The minimum absolute atomic E-state index is 0.282. The Labute approximate surface area is 167 Å². The van der Waals surface area contributed by atoms with Gasteiger partial charge in [-0.1, -0.05) is 19.1 Å². The number of carbonyl (C=O) groups excluding carboxylic acids is 3. The molecule has 0 atom stereocenters. The van der Waals surface area contributed by atoms with Crippen molar-refractivity contribution < 1.29 is 23.9 Å². The maximum absolute atomic E-state index is 11.9. The van der Waals surface area contributed by atoms with Crippen LogP contribution in [0.15, 0.2) is 47.6 Å². The van der Waals surface area contributed by atoms with Crippen LogP contribution in [-0.4, -0.2) is 37.7 Å². The van der Waals surface area contributed by atoms with E-state index in [4.69, 9.17) is 15.2 Å². The first-order valence-corrected chi connectivity index (χ1v) is 8.75. The van der Waals surface area contributed by atoms with Crippen molar-refractivity contribution in [3.05, 3.63) is 53.6 Å². The Morgan fingerprint density at radius 2 is 1.79 bits per heavy atom. The van der Waals surface area contributed by atoms with Crippen molar-refractivity contribution in [3.8, 4) is 11.5 Å². The molecule has 2 aromatic rings. The van der Waals surface area contributed by atoms with Gasteiger partial charge in [0.25, 0.3) is 5.91 Å². The van der Waals surface area contributed by atoms with Crippen LogP contribution < -0.4 is 25.9 Å². The molecule has 3 amide bonds. The Bertz CT molecular complexity index is 910. The number of aryl methyl sites for hydroxylation is 1. The van der Waals surface area contributed by atoms with Crippen LogP contribution in [0.3, 0.4) is 0 Å². The number of nitrogens with zero attached hydrogens (tertiary/aromatic N) is 1. The molecule has 0 unspecified atom stereocenters. The van der Waals surface area contributed by atoms with E-state index in [1.165, 1.54) is 13.3 Å². The molecule has 2 rings (SSSR count). The number of amides is 3. The first kappa shape index (κ1) is 21.4. The lowest BCUT2D eigenvalue weighted by molar-refractivity contribution is -0.136. The van der Waals surface area contributed by atoms with Gasteiger partial charge in [0.05, 0.1) is 13.3 Å². The van der Waals surface area contributed by atoms with Gasteiger partial charge in [-0.05, 0) is 47.9 Å². The topological polar surface area (TPSA) is 132 Å². The number of anilines is 1. The number of hydrazone groups is 1. The number of methoxy groups -OCH3 is 1. The standard InChI is InChI=1S/C20H22N4O5/c1-3-13-4-7-15(8-5-13)23-19(26)20(27)24-22-11-14-6-9-16(17(10-14)28-2)29-12-18(21)25/h4-11H,3,12H2,1-2H3,(H2,21,25)(H,23,26)(H,24,27)/b22-11-. The van der Waals surface area contributed by atoms with Crippen LogP contribution >= 0.6 is 0 Å². The van der Waals surface area contributed by atoms with Crippen LogP contribution in [0.5, 0.6) is 11.5 Å². The van der Waals surface area contributed by atoms with Crippen LogP contribution in [0.1, 0.15) is 18.1 Å². The summed E-state index contributed by atoms with van der Waals surface area (Å²) in [6, 6.07) is 12.0. The second-order valence-corrected chi connectivity index (χ2v) is 5.87. The first-order valence-electron chi connectivity index (χ1n) is 8.75. The highest BCUT2D eigenvalue weighted by Gasteiger charge is 2.13. The smallest absolute Gasteiger partial charge is 0.329 e. The Kier molecular flexibility index (Phi) is 7.72. The summed E-state index contributed by atoms with van der Waals surface area (Å²) in [5.41, 5.74) is 9.41. The fourth-order valence-corrected chi connectivity index (χ4v) is 2.26. The molecule has 0 bridgehead atoms. The van der Waals surface area contributed by atoms with Crippen molar-refractivity contribution >= 4 is 29.6 Å². The molecule has 0 radical (unpaired) electrons. The van der Waals surface area contributed by atoms with Crippen LogP contribution in [0, 0.1) is 0 Å². The zero-order chi connectivity index (χ0) is 21.2. The molecule has 152 valence electrons. The monoisotopic (exact) mass is 398 g/mol. The van der Waals surface area contributed by atoms with Crippen LogP contribution in [0.25, 0.3) is 0 Å². The molecule has 9 nitrogen and oxygen atoms in total. The lowest BCUT2D eigenvalue weighted by atomic mass is 10.1. The number of benzene rings is 2.